The largest absolute Gasteiger partial charge is 0.252 e. The fourth-order valence-electron chi connectivity index (χ4n) is 1.13. The minimum absolute atomic E-state index is 0.0648. The lowest BCUT2D eigenvalue weighted by Gasteiger charge is -2.18. The summed E-state index contributed by atoms with van der Waals surface area (Å²) in [5, 5.41) is 0.287. The van der Waals surface area contributed by atoms with Gasteiger partial charge in [0.2, 0.25) is 0 Å². The van der Waals surface area contributed by atoms with Crippen LogP contribution in [0, 0.1) is 10.7 Å². The molecule has 1 N–H and O–H groups in total. The Morgan fingerprint density at radius 1 is 1.36 bits per heavy atom. The summed E-state index contributed by atoms with van der Waals surface area (Å²) in [6.45, 7) is 6.03. The van der Waals surface area contributed by atoms with Crippen molar-refractivity contribution in [3.63, 3.8) is 0 Å². The van der Waals surface area contributed by atoms with Crippen LogP contribution in [0.25, 0.3) is 0 Å². The van der Waals surface area contributed by atoms with Gasteiger partial charge in [-0.3, -0.25) is 4.78 Å². The number of hydrogen-bond donors (Lipinski definition) is 1. The van der Waals surface area contributed by atoms with Crippen LogP contribution >= 0.6 is 0 Å². The van der Waals surface area contributed by atoms with E-state index in [1.54, 1.807) is 0 Å². The molecule has 0 radical (unpaired) electrons. The topological polar surface area (TPSA) is 40.9 Å². The van der Waals surface area contributed by atoms with Crippen LogP contribution in [0.1, 0.15) is 33.6 Å². The molecule has 0 aromatic heterocycles. The molecule has 3 heteroatoms. The van der Waals surface area contributed by atoms with E-state index in [2.05, 4.69) is 0 Å². The standard InChI is InChI=1S/C8H17NOS/c1-6(2)7(3)11(9,10)8-4-5-8/h6-9H,4-5H2,1-3H3. The zero-order valence-electron chi connectivity index (χ0n) is 7.46. The van der Waals surface area contributed by atoms with Gasteiger partial charge in [-0.1, -0.05) is 13.8 Å². The molecule has 0 spiro atoms. The van der Waals surface area contributed by atoms with Gasteiger partial charge in [-0.05, 0) is 25.7 Å². The van der Waals surface area contributed by atoms with Gasteiger partial charge in [-0.15, -0.1) is 0 Å². The van der Waals surface area contributed by atoms with Crippen molar-refractivity contribution in [1.82, 2.24) is 0 Å². The lowest BCUT2D eigenvalue weighted by atomic mass is 10.2. The van der Waals surface area contributed by atoms with Gasteiger partial charge in [-0.25, -0.2) is 4.21 Å². The summed E-state index contributed by atoms with van der Waals surface area (Å²) >= 11 is 0. The first-order valence-corrected chi connectivity index (χ1v) is 5.91. The summed E-state index contributed by atoms with van der Waals surface area (Å²) in [5.74, 6) is 0.376. The Hall–Kier alpha value is -0.0500. The summed E-state index contributed by atoms with van der Waals surface area (Å²) in [7, 11) is -2.27. The van der Waals surface area contributed by atoms with E-state index in [-0.39, 0.29) is 10.5 Å². The van der Waals surface area contributed by atoms with Crippen molar-refractivity contribution in [2.75, 3.05) is 0 Å². The van der Waals surface area contributed by atoms with Crippen molar-refractivity contribution >= 4 is 9.73 Å². The van der Waals surface area contributed by atoms with E-state index in [1.807, 2.05) is 20.8 Å². The van der Waals surface area contributed by atoms with E-state index >= 15 is 0 Å². The molecule has 2 unspecified atom stereocenters. The maximum Gasteiger partial charge on any atom is 0.0499 e. The van der Waals surface area contributed by atoms with Crippen LogP contribution in [0.15, 0.2) is 0 Å². The van der Waals surface area contributed by atoms with Gasteiger partial charge >= 0.3 is 0 Å². The third kappa shape index (κ3) is 1.75. The summed E-state index contributed by atoms with van der Waals surface area (Å²) in [6.07, 6.45) is 2.03. The van der Waals surface area contributed by atoms with E-state index in [0.29, 0.717) is 5.92 Å². The van der Waals surface area contributed by atoms with Crippen molar-refractivity contribution in [1.29, 1.82) is 4.78 Å². The van der Waals surface area contributed by atoms with Gasteiger partial charge in [0.25, 0.3) is 0 Å². The Labute approximate surface area is 69.4 Å². The third-order valence-corrected chi connectivity index (χ3v) is 5.62. The van der Waals surface area contributed by atoms with E-state index in [1.165, 1.54) is 0 Å². The van der Waals surface area contributed by atoms with Crippen LogP contribution in [0.2, 0.25) is 0 Å². The highest BCUT2D eigenvalue weighted by atomic mass is 32.2. The van der Waals surface area contributed by atoms with Crippen molar-refractivity contribution in [3.05, 3.63) is 0 Å². The van der Waals surface area contributed by atoms with Crippen molar-refractivity contribution in [2.24, 2.45) is 5.92 Å². The molecule has 0 aliphatic heterocycles. The fourth-order valence-corrected chi connectivity index (χ4v) is 3.38. The zero-order valence-corrected chi connectivity index (χ0v) is 8.28. The highest BCUT2D eigenvalue weighted by molar-refractivity contribution is 7.93. The average molecular weight is 175 g/mol. The van der Waals surface area contributed by atoms with Gasteiger partial charge in [-0.2, -0.15) is 0 Å². The Morgan fingerprint density at radius 2 is 1.82 bits per heavy atom. The predicted octanol–water partition coefficient (Wildman–Crippen LogP) is 2.24. The third-order valence-electron chi connectivity index (χ3n) is 2.51. The molecule has 66 valence electrons. The summed E-state index contributed by atoms with van der Waals surface area (Å²) in [5.41, 5.74) is 0. The fraction of sp³-hybridized carbons (Fsp3) is 1.00. The van der Waals surface area contributed by atoms with Crippen LogP contribution in [0.5, 0.6) is 0 Å². The van der Waals surface area contributed by atoms with E-state index in [4.69, 9.17) is 4.78 Å². The van der Waals surface area contributed by atoms with Gasteiger partial charge < -0.3 is 0 Å². The van der Waals surface area contributed by atoms with E-state index in [0.717, 1.165) is 12.8 Å². The highest BCUT2D eigenvalue weighted by Gasteiger charge is 2.36. The van der Waals surface area contributed by atoms with Crippen LogP contribution in [-0.4, -0.2) is 14.7 Å². The van der Waals surface area contributed by atoms with E-state index in [9.17, 15) is 4.21 Å². The summed E-state index contributed by atoms with van der Waals surface area (Å²) < 4.78 is 19.5. The predicted molar refractivity (Wildman–Crippen MR) is 48.2 cm³/mol. The minimum atomic E-state index is -2.27. The molecule has 1 aliphatic carbocycles. The van der Waals surface area contributed by atoms with Crippen molar-refractivity contribution < 1.29 is 4.21 Å². The Morgan fingerprint density at radius 3 is 2.09 bits per heavy atom. The molecule has 0 saturated heterocycles. The lowest BCUT2D eigenvalue weighted by Crippen LogP contribution is -2.25. The molecular weight excluding hydrogens is 158 g/mol. The molecule has 11 heavy (non-hydrogen) atoms. The molecule has 1 fully saturated rings. The first-order valence-electron chi connectivity index (χ1n) is 4.22. The normalized spacial score (nSPS) is 26.5. The Kier molecular flexibility index (Phi) is 2.28. The second-order valence-corrected chi connectivity index (χ2v) is 6.50. The smallest absolute Gasteiger partial charge is 0.0499 e. The molecule has 0 bridgehead atoms. The summed E-state index contributed by atoms with van der Waals surface area (Å²) in [6, 6.07) is 0. The van der Waals surface area contributed by atoms with Gasteiger partial charge in [0.15, 0.2) is 0 Å². The van der Waals surface area contributed by atoms with E-state index < -0.39 is 9.73 Å². The van der Waals surface area contributed by atoms with Gasteiger partial charge in [0, 0.05) is 20.2 Å². The lowest BCUT2D eigenvalue weighted by molar-refractivity contribution is 0.596. The molecule has 0 amide bonds. The molecule has 1 saturated carbocycles. The van der Waals surface area contributed by atoms with Gasteiger partial charge in [0.1, 0.15) is 0 Å². The van der Waals surface area contributed by atoms with Crippen LogP contribution in [-0.2, 0) is 9.73 Å². The zero-order chi connectivity index (χ0) is 8.65. The summed E-state index contributed by atoms with van der Waals surface area (Å²) in [4.78, 5) is 0. The molecule has 2 atom stereocenters. The molecule has 0 aromatic rings. The molecule has 1 aliphatic rings. The molecule has 1 rings (SSSR count). The maximum atomic E-state index is 11.8. The molecule has 0 heterocycles. The minimum Gasteiger partial charge on any atom is -0.252 e. The number of nitrogens with one attached hydrogen (secondary N) is 1. The average Bonchev–Trinajstić information content (AvgIpc) is 2.66. The highest BCUT2D eigenvalue weighted by Crippen LogP contribution is 2.33. The van der Waals surface area contributed by atoms with Crippen molar-refractivity contribution in [2.45, 2.75) is 44.1 Å². The van der Waals surface area contributed by atoms with Crippen LogP contribution in [0.3, 0.4) is 0 Å². The van der Waals surface area contributed by atoms with Crippen molar-refractivity contribution in [3.8, 4) is 0 Å². The van der Waals surface area contributed by atoms with Crippen LogP contribution in [0.4, 0.5) is 0 Å². The second kappa shape index (κ2) is 2.77. The molecule has 0 aromatic carbocycles. The quantitative estimate of drug-likeness (QED) is 0.702. The molecular formula is C8H17NOS. The maximum absolute atomic E-state index is 11.8. The first-order chi connectivity index (χ1) is 4.96. The number of hydrogen-bond acceptors (Lipinski definition) is 2. The van der Waals surface area contributed by atoms with Crippen LogP contribution < -0.4 is 0 Å². The number of rotatable bonds is 3. The first kappa shape index (κ1) is 9.04. The van der Waals surface area contributed by atoms with Gasteiger partial charge in [0.05, 0.1) is 0 Å². The SMILES string of the molecule is CC(C)C(C)S(=N)(=O)C1CC1. The second-order valence-electron chi connectivity index (χ2n) is 3.80. The monoisotopic (exact) mass is 175 g/mol. The molecule has 2 nitrogen and oxygen atoms in total. The Balaban J connectivity index is 2.71. The Bertz CT molecular complexity index is 226.